The predicted octanol–water partition coefficient (Wildman–Crippen LogP) is 1.84. The molecule has 2 bridgehead atoms. The summed E-state index contributed by atoms with van der Waals surface area (Å²) in [6.07, 6.45) is 7.27. The Morgan fingerprint density at radius 2 is 2.38 bits per heavy atom. The summed E-state index contributed by atoms with van der Waals surface area (Å²) in [5.41, 5.74) is 1.27. The van der Waals surface area contributed by atoms with Gasteiger partial charge in [-0.15, -0.1) is 0 Å². The smallest absolute Gasteiger partial charge is 0.0937 e. The minimum Gasteiger partial charge on any atom is -0.472 e. The molecule has 16 heavy (non-hydrogen) atoms. The standard InChI is InChI=1S/C13H19NO2/c1-14-10-2-3-13(14)12(7-15)11(6-10)9-4-5-16-8-9/h4-5,8,10-13,15H,2-3,6-7H2,1H3/t10?,11-,12-,13?/m1/s1. The van der Waals surface area contributed by atoms with Gasteiger partial charge in [0.15, 0.2) is 0 Å². The van der Waals surface area contributed by atoms with Gasteiger partial charge >= 0.3 is 0 Å². The molecule has 3 nitrogen and oxygen atoms in total. The van der Waals surface area contributed by atoms with Gasteiger partial charge in [-0.2, -0.15) is 0 Å². The van der Waals surface area contributed by atoms with E-state index in [0.29, 0.717) is 23.9 Å². The van der Waals surface area contributed by atoms with Gasteiger partial charge in [-0.1, -0.05) is 0 Å². The van der Waals surface area contributed by atoms with Crippen LogP contribution in [0.1, 0.15) is 30.7 Å². The van der Waals surface area contributed by atoms with Crippen molar-refractivity contribution < 1.29 is 9.52 Å². The highest BCUT2D eigenvalue weighted by molar-refractivity contribution is 5.18. The Morgan fingerprint density at radius 3 is 3.06 bits per heavy atom. The molecule has 1 aromatic heterocycles. The molecule has 0 radical (unpaired) electrons. The minimum absolute atomic E-state index is 0.289. The molecule has 0 saturated carbocycles. The third-order valence-corrected chi connectivity index (χ3v) is 4.61. The lowest BCUT2D eigenvalue weighted by Gasteiger charge is -2.42. The lowest BCUT2D eigenvalue weighted by Crippen LogP contribution is -2.46. The van der Waals surface area contributed by atoms with E-state index < -0.39 is 0 Å². The first-order valence-corrected chi connectivity index (χ1v) is 6.16. The monoisotopic (exact) mass is 221 g/mol. The van der Waals surface area contributed by atoms with Gasteiger partial charge < -0.3 is 14.4 Å². The van der Waals surface area contributed by atoms with Crippen LogP contribution in [0.2, 0.25) is 0 Å². The van der Waals surface area contributed by atoms with E-state index in [2.05, 4.69) is 18.0 Å². The van der Waals surface area contributed by atoms with Gasteiger partial charge in [0, 0.05) is 24.6 Å². The van der Waals surface area contributed by atoms with Crippen molar-refractivity contribution in [1.82, 2.24) is 4.90 Å². The van der Waals surface area contributed by atoms with Crippen molar-refractivity contribution >= 4 is 0 Å². The van der Waals surface area contributed by atoms with Crippen LogP contribution in [-0.4, -0.2) is 35.7 Å². The summed E-state index contributed by atoms with van der Waals surface area (Å²) in [6, 6.07) is 3.31. The Hall–Kier alpha value is -0.800. The van der Waals surface area contributed by atoms with Crippen LogP contribution in [-0.2, 0) is 0 Å². The third kappa shape index (κ3) is 1.42. The minimum atomic E-state index is 0.289. The molecule has 3 heteroatoms. The second kappa shape index (κ2) is 3.90. The fraction of sp³-hybridized carbons (Fsp3) is 0.692. The molecule has 0 aliphatic carbocycles. The van der Waals surface area contributed by atoms with Crippen LogP contribution in [0.5, 0.6) is 0 Å². The largest absolute Gasteiger partial charge is 0.472 e. The van der Waals surface area contributed by atoms with Gasteiger partial charge in [-0.05, 0) is 43.9 Å². The number of nitrogens with zero attached hydrogens (tertiary/aromatic N) is 1. The fourth-order valence-corrected chi connectivity index (χ4v) is 3.70. The third-order valence-electron chi connectivity index (χ3n) is 4.61. The summed E-state index contributed by atoms with van der Waals surface area (Å²) in [6.45, 7) is 0.289. The summed E-state index contributed by atoms with van der Waals surface area (Å²) in [7, 11) is 2.20. The van der Waals surface area contributed by atoms with E-state index in [1.807, 2.05) is 6.26 Å². The number of hydrogen-bond donors (Lipinski definition) is 1. The maximum Gasteiger partial charge on any atom is 0.0937 e. The Labute approximate surface area is 96.1 Å². The van der Waals surface area contributed by atoms with Gasteiger partial charge in [0.25, 0.3) is 0 Å². The molecule has 2 aliphatic heterocycles. The van der Waals surface area contributed by atoms with Crippen LogP contribution in [0, 0.1) is 5.92 Å². The highest BCUT2D eigenvalue weighted by Crippen LogP contribution is 2.45. The average Bonchev–Trinajstić information content (AvgIpc) is 2.87. The molecular weight excluding hydrogens is 202 g/mol. The van der Waals surface area contributed by atoms with Gasteiger partial charge in [-0.3, -0.25) is 0 Å². The van der Waals surface area contributed by atoms with Crippen LogP contribution < -0.4 is 0 Å². The first-order valence-electron chi connectivity index (χ1n) is 6.16. The fourth-order valence-electron chi connectivity index (χ4n) is 3.70. The van der Waals surface area contributed by atoms with E-state index in [9.17, 15) is 5.11 Å². The van der Waals surface area contributed by atoms with Crippen molar-refractivity contribution in [1.29, 1.82) is 0 Å². The van der Waals surface area contributed by atoms with Crippen molar-refractivity contribution in [2.75, 3.05) is 13.7 Å². The normalized spacial score (nSPS) is 39.1. The van der Waals surface area contributed by atoms with Gasteiger partial charge in [0.2, 0.25) is 0 Å². The zero-order valence-electron chi connectivity index (χ0n) is 9.67. The van der Waals surface area contributed by atoms with Crippen LogP contribution in [0.25, 0.3) is 0 Å². The van der Waals surface area contributed by atoms with Crippen molar-refractivity contribution in [3.05, 3.63) is 24.2 Å². The number of furan rings is 1. The van der Waals surface area contributed by atoms with E-state index in [4.69, 9.17) is 4.42 Å². The molecule has 4 atom stereocenters. The highest BCUT2D eigenvalue weighted by Gasteiger charge is 2.45. The molecular formula is C13H19NO2. The summed E-state index contributed by atoms with van der Waals surface area (Å²) in [5.74, 6) is 0.860. The summed E-state index contributed by atoms with van der Waals surface area (Å²) in [4.78, 5) is 2.47. The van der Waals surface area contributed by atoms with Crippen LogP contribution >= 0.6 is 0 Å². The van der Waals surface area contributed by atoms with Crippen molar-refractivity contribution in [3.63, 3.8) is 0 Å². The molecule has 2 saturated heterocycles. The Kier molecular flexibility index (Phi) is 2.52. The first-order chi connectivity index (χ1) is 7.81. The second-order valence-corrected chi connectivity index (χ2v) is 5.21. The van der Waals surface area contributed by atoms with Crippen molar-refractivity contribution in [2.45, 2.75) is 37.3 Å². The van der Waals surface area contributed by atoms with Crippen LogP contribution in [0.15, 0.2) is 23.0 Å². The summed E-state index contributed by atoms with van der Waals surface area (Å²) >= 11 is 0. The molecule has 0 amide bonds. The van der Waals surface area contributed by atoms with Gasteiger partial charge in [0.05, 0.1) is 12.5 Å². The molecule has 2 aliphatic rings. The molecule has 3 heterocycles. The van der Waals surface area contributed by atoms with Crippen LogP contribution in [0.3, 0.4) is 0 Å². The number of rotatable bonds is 2. The molecule has 1 N–H and O–H groups in total. The van der Waals surface area contributed by atoms with Gasteiger partial charge in [0.1, 0.15) is 0 Å². The maximum absolute atomic E-state index is 9.64. The second-order valence-electron chi connectivity index (χ2n) is 5.21. The number of aliphatic hydroxyl groups excluding tert-OH is 1. The van der Waals surface area contributed by atoms with Crippen molar-refractivity contribution in [2.24, 2.45) is 5.92 Å². The topological polar surface area (TPSA) is 36.6 Å². The summed E-state index contributed by atoms with van der Waals surface area (Å²) < 4.78 is 5.18. The van der Waals surface area contributed by atoms with E-state index in [-0.39, 0.29) is 6.61 Å². The molecule has 3 rings (SSSR count). The molecule has 0 aromatic carbocycles. The van der Waals surface area contributed by atoms with Crippen molar-refractivity contribution in [3.8, 4) is 0 Å². The molecule has 2 fully saturated rings. The number of piperidine rings is 1. The summed E-state index contributed by atoms with van der Waals surface area (Å²) in [5, 5.41) is 9.64. The number of aliphatic hydroxyl groups is 1. The van der Waals surface area contributed by atoms with E-state index in [0.717, 1.165) is 6.42 Å². The number of hydrogen-bond acceptors (Lipinski definition) is 3. The zero-order valence-corrected chi connectivity index (χ0v) is 9.67. The Balaban J connectivity index is 1.90. The molecule has 0 spiro atoms. The SMILES string of the molecule is CN1C2CCC1[C@H](CO)[C@@H](c1ccoc1)C2. The zero-order chi connectivity index (χ0) is 11.1. The first kappa shape index (κ1) is 10.4. The Morgan fingerprint density at radius 1 is 1.50 bits per heavy atom. The molecule has 88 valence electrons. The average molecular weight is 221 g/mol. The van der Waals surface area contributed by atoms with E-state index >= 15 is 0 Å². The maximum atomic E-state index is 9.64. The van der Waals surface area contributed by atoms with E-state index in [1.54, 1.807) is 6.26 Å². The molecule has 1 aromatic rings. The quantitative estimate of drug-likeness (QED) is 0.828. The lowest BCUT2D eigenvalue weighted by molar-refractivity contribution is 0.0590. The number of fused-ring (bicyclic) bond motifs is 2. The predicted molar refractivity (Wildman–Crippen MR) is 61.2 cm³/mol. The lowest BCUT2D eigenvalue weighted by atomic mass is 9.77. The van der Waals surface area contributed by atoms with Gasteiger partial charge in [-0.25, -0.2) is 0 Å². The highest BCUT2D eigenvalue weighted by atomic mass is 16.3. The molecule has 2 unspecified atom stereocenters. The van der Waals surface area contributed by atoms with Crippen LogP contribution in [0.4, 0.5) is 0 Å². The Bertz CT molecular complexity index is 349. The van der Waals surface area contributed by atoms with E-state index in [1.165, 1.54) is 18.4 Å².